The molecule has 1 aliphatic heterocycles. The summed E-state index contributed by atoms with van der Waals surface area (Å²) >= 11 is 0. The zero-order chi connectivity index (χ0) is 13.1. The standard InChI is InChI=1S/C13H16N2O3/c1-15-11-6-4-3-5-9(11)10(7-12(15)16)14-8-13(17)18-2/h3-6,10,14H,7-8H2,1-2H3. The van der Waals surface area contributed by atoms with Crippen LogP contribution in [0.25, 0.3) is 0 Å². The van der Waals surface area contributed by atoms with E-state index in [9.17, 15) is 9.59 Å². The Morgan fingerprint density at radius 1 is 1.50 bits per heavy atom. The van der Waals surface area contributed by atoms with Crippen molar-refractivity contribution in [3.8, 4) is 0 Å². The predicted octanol–water partition coefficient (Wildman–Crippen LogP) is 0.857. The number of carbonyl (C=O) groups excluding carboxylic acids is 2. The molecule has 1 unspecified atom stereocenters. The highest BCUT2D eigenvalue weighted by Gasteiger charge is 2.28. The number of anilines is 1. The SMILES string of the molecule is COC(=O)CNC1CC(=O)N(C)c2ccccc21. The van der Waals surface area contributed by atoms with Gasteiger partial charge in [-0.2, -0.15) is 0 Å². The number of methoxy groups -OCH3 is 1. The molecule has 5 nitrogen and oxygen atoms in total. The number of fused-ring (bicyclic) bond motifs is 1. The number of benzene rings is 1. The molecule has 0 saturated carbocycles. The van der Waals surface area contributed by atoms with Gasteiger partial charge in [0.2, 0.25) is 5.91 Å². The molecule has 18 heavy (non-hydrogen) atoms. The number of hydrogen-bond acceptors (Lipinski definition) is 4. The van der Waals surface area contributed by atoms with E-state index in [-0.39, 0.29) is 24.5 Å². The minimum Gasteiger partial charge on any atom is -0.468 e. The number of nitrogens with one attached hydrogen (secondary N) is 1. The fraction of sp³-hybridized carbons (Fsp3) is 0.385. The third-order valence-electron chi connectivity index (χ3n) is 3.15. The summed E-state index contributed by atoms with van der Waals surface area (Å²) in [6.45, 7) is 0.104. The molecule has 2 rings (SSSR count). The van der Waals surface area contributed by atoms with Gasteiger partial charge in [0.1, 0.15) is 0 Å². The molecule has 0 spiro atoms. The van der Waals surface area contributed by atoms with Gasteiger partial charge in [-0.1, -0.05) is 18.2 Å². The van der Waals surface area contributed by atoms with Gasteiger partial charge in [0.05, 0.1) is 13.7 Å². The fourth-order valence-electron chi connectivity index (χ4n) is 2.10. The summed E-state index contributed by atoms with van der Waals surface area (Å²) in [6.07, 6.45) is 0.352. The Kier molecular flexibility index (Phi) is 3.62. The van der Waals surface area contributed by atoms with Gasteiger partial charge in [0.15, 0.2) is 0 Å². The van der Waals surface area contributed by atoms with Crippen molar-refractivity contribution in [3.63, 3.8) is 0 Å². The van der Waals surface area contributed by atoms with Crippen LogP contribution in [0, 0.1) is 0 Å². The van der Waals surface area contributed by atoms with Crippen molar-refractivity contribution in [3.05, 3.63) is 29.8 Å². The predicted molar refractivity (Wildman–Crippen MR) is 67.2 cm³/mol. The number of para-hydroxylation sites is 1. The van der Waals surface area contributed by atoms with E-state index in [1.54, 1.807) is 11.9 Å². The molecule has 5 heteroatoms. The van der Waals surface area contributed by atoms with Crippen LogP contribution in [0.4, 0.5) is 5.69 Å². The topological polar surface area (TPSA) is 58.6 Å². The second-order valence-electron chi connectivity index (χ2n) is 4.23. The number of hydrogen-bond donors (Lipinski definition) is 1. The molecule has 1 heterocycles. The third kappa shape index (κ3) is 2.36. The maximum atomic E-state index is 11.9. The lowest BCUT2D eigenvalue weighted by Crippen LogP contribution is -2.39. The first-order valence-corrected chi connectivity index (χ1v) is 5.79. The summed E-state index contributed by atoms with van der Waals surface area (Å²) in [5.74, 6) is -0.296. The van der Waals surface area contributed by atoms with Gasteiger partial charge in [-0.25, -0.2) is 0 Å². The Labute approximate surface area is 106 Å². The lowest BCUT2D eigenvalue weighted by Gasteiger charge is -2.31. The average molecular weight is 248 g/mol. The number of carbonyl (C=O) groups is 2. The summed E-state index contributed by atoms with van der Waals surface area (Å²) in [7, 11) is 3.11. The van der Waals surface area contributed by atoms with Crippen molar-refractivity contribution >= 4 is 17.6 Å². The second-order valence-corrected chi connectivity index (χ2v) is 4.23. The normalized spacial score (nSPS) is 18.4. The molecular weight excluding hydrogens is 232 g/mol. The van der Waals surface area contributed by atoms with E-state index in [1.165, 1.54) is 7.11 Å². The van der Waals surface area contributed by atoms with Crippen molar-refractivity contribution in [1.29, 1.82) is 0 Å². The van der Waals surface area contributed by atoms with Crippen LogP contribution in [0.5, 0.6) is 0 Å². The monoisotopic (exact) mass is 248 g/mol. The Bertz CT molecular complexity index is 473. The van der Waals surface area contributed by atoms with Crippen LogP contribution >= 0.6 is 0 Å². The highest BCUT2D eigenvalue weighted by molar-refractivity contribution is 5.96. The Morgan fingerprint density at radius 3 is 2.94 bits per heavy atom. The number of ether oxygens (including phenoxy) is 1. The maximum absolute atomic E-state index is 11.9. The van der Waals surface area contributed by atoms with E-state index in [0.717, 1.165) is 11.3 Å². The minimum absolute atomic E-state index is 0.0380. The molecule has 1 aromatic carbocycles. The Balaban J connectivity index is 2.20. The fourth-order valence-corrected chi connectivity index (χ4v) is 2.10. The van der Waals surface area contributed by atoms with Crippen molar-refractivity contribution in [2.45, 2.75) is 12.5 Å². The van der Waals surface area contributed by atoms with Crippen LogP contribution < -0.4 is 10.2 Å². The van der Waals surface area contributed by atoms with Crippen LogP contribution in [0.15, 0.2) is 24.3 Å². The van der Waals surface area contributed by atoms with Gasteiger partial charge in [0.25, 0.3) is 0 Å². The van der Waals surface area contributed by atoms with Gasteiger partial charge in [-0.05, 0) is 11.6 Å². The van der Waals surface area contributed by atoms with Gasteiger partial charge in [-0.15, -0.1) is 0 Å². The summed E-state index contributed by atoms with van der Waals surface area (Å²) < 4.78 is 4.58. The van der Waals surface area contributed by atoms with Crippen LogP contribution in [-0.4, -0.2) is 32.6 Å². The Hall–Kier alpha value is -1.88. The third-order valence-corrected chi connectivity index (χ3v) is 3.15. The molecule has 96 valence electrons. The lowest BCUT2D eigenvalue weighted by atomic mass is 9.96. The number of amides is 1. The van der Waals surface area contributed by atoms with Crippen molar-refractivity contribution in [2.75, 3.05) is 25.6 Å². The minimum atomic E-state index is -0.334. The molecule has 0 bridgehead atoms. The molecular formula is C13H16N2O3. The molecule has 1 amide bonds. The zero-order valence-electron chi connectivity index (χ0n) is 10.5. The van der Waals surface area contributed by atoms with E-state index >= 15 is 0 Å². The van der Waals surface area contributed by atoms with Crippen molar-refractivity contribution < 1.29 is 14.3 Å². The molecule has 0 fully saturated rings. The van der Waals surface area contributed by atoms with Gasteiger partial charge < -0.3 is 9.64 Å². The number of rotatable bonds is 3. The molecule has 0 saturated heterocycles. The van der Waals surface area contributed by atoms with E-state index in [1.807, 2.05) is 24.3 Å². The van der Waals surface area contributed by atoms with Gasteiger partial charge in [0, 0.05) is 25.2 Å². The van der Waals surface area contributed by atoms with Gasteiger partial charge >= 0.3 is 5.97 Å². The molecule has 0 radical (unpaired) electrons. The van der Waals surface area contributed by atoms with Crippen molar-refractivity contribution in [2.24, 2.45) is 0 Å². The summed E-state index contributed by atoms with van der Waals surface area (Å²) in [5, 5.41) is 3.06. The average Bonchev–Trinajstić information content (AvgIpc) is 2.41. The second kappa shape index (κ2) is 5.18. The number of nitrogens with zero attached hydrogens (tertiary/aromatic N) is 1. The number of esters is 1. The quantitative estimate of drug-likeness (QED) is 0.806. The molecule has 1 aliphatic rings. The largest absolute Gasteiger partial charge is 0.468 e. The van der Waals surface area contributed by atoms with Crippen molar-refractivity contribution in [1.82, 2.24) is 5.32 Å². The molecule has 0 aromatic heterocycles. The van der Waals surface area contributed by atoms with Crippen LogP contribution in [0.1, 0.15) is 18.0 Å². The van der Waals surface area contributed by atoms with E-state index in [0.29, 0.717) is 6.42 Å². The summed E-state index contributed by atoms with van der Waals surface area (Å²) in [4.78, 5) is 24.6. The summed E-state index contributed by atoms with van der Waals surface area (Å²) in [6, 6.07) is 7.55. The Morgan fingerprint density at radius 2 is 2.22 bits per heavy atom. The van der Waals surface area contributed by atoms with Crippen LogP contribution in [-0.2, 0) is 14.3 Å². The molecule has 0 aliphatic carbocycles. The van der Waals surface area contributed by atoms with E-state index < -0.39 is 0 Å². The van der Waals surface area contributed by atoms with Gasteiger partial charge in [-0.3, -0.25) is 14.9 Å². The first kappa shape index (κ1) is 12.6. The molecule has 1 aromatic rings. The van der Waals surface area contributed by atoms with E-state index in [2.05, 4.69) is 10.1 Å². The first-order chi connectivity index (χ1) is 8.63. The summed E-state index contributed by atoms with van der Waals surface area (Å²) in [5.41, 5.74) is 1.92. The highest BCUT2D eigenvalue weighted by atomic mass is 16.5. The molecule has 1 N–H and O–H groups in total. The maximum Gasteiger partial charge on any atom is 0.319 e. The zero-order valence-corrected chi connectivity index (χ0v) is 10.5. The van der Waals surface area contributed by atoms with Crippen LogP contribution in [0.3, 0.4) is 0 Å². The van der Waals surface area contributed by atoms with E-state index in [4.69, 9.17) is 0 Å². The highest BCUT2D eigenvalue weighted by Crippen LogP contribution is 2.33. The first-order valence-electron chi connectivity index (χ1n) is 5.79. The lowest BCUT2D eigenvalue weighted by molar-refractivity contribution is -0.139. The smallest absolute Gasteiger partial charge is 0.319 e. The van der Waals surface area contributed by atoms with Crippen LogP contribution in [0.2, 0.25) is 0 Å². The molecule has 1 atom stereocenters.